The highest BCUT2D eigenvalue weighted by Gasteiger charge is 2.14. The van der Waals surface area contributed by atoms with Gasteiger partial charge < -0.3 is 16.0 Å². The summed E-state index contributed by atoms with van der Waals surface area (Å²) in [5.74, 6) is 0.0982. The predicted octanol–water partition coefficient (Wildman–Crippen LogP) is 2.52. The third kappa shape index (κ3) is 11.6. The van der Waals surface area contributed by atoms with Crippen LogP contribution in [0.2, 0.25) is 0 Å². The van der Waals surface area contributed by atoms with Crippen LogP contribution >= 0.6 is 0 Å². The van der Waals surface area contributed by atoms with Crippen LogP contribution in [0.4, 0.5) is 4.79 Å². The van der Waals surface area contributed by atoms with Crippen LogP contribution in [-0.4, -0.2) is 36.9 Å². The van der Waals surface area contributed by atoms with Gasteiger partial charge in [-0.25, -0.2) is 4.79 Å². The smallest absolute Gasteiger partial charge is 0.314 e. The maximum atomic E-state index is 11.8. The first-order valence-corrected chi connectivity index (χ1v) is 8.81. The molecule has 0 aliphatic carbocycles. The van der Waals surface area contributed by atoms with E-state index < -0.39 is 0 Å². The van der Waals surface area contributed by atoms with Gasteiger partial charge in [-0.05, 0) is 32.6 Å². The SMILES string of the molecule is CCCCNC(=O)NC(C)CCCCCC(=O)C(CC)NC=O. The lowest BCUT2D eigenvalue weighted by Gasteiger charge is -2.15. The Balaban J connectivity index is 3.68. The van der Waals surface area contributed by atoms with Crippen molar-refractivity contribution in [1.29, 1.82) is 0 Å². The van der Waals surface area contributed by atoms with E-state index >= 15 is 0 Å². The molecule has 0 aliphatic heterocycles. The molecule has 0 aliphatic rings. The molecule has 0 aromatic heterocycles. The normalized spacial score (nSPS) is 13.0. The molecule has 0 bridgehead atoms. The van der Waals surface area contributed by atoms with Crippen molar-refractivity contribution in [3.05, 3.63) is 0 Å². The van der Waals surface area contributed by atoms with Crippen LogP contribution < -0.4 is 16.0 Å². The van der Waals surface area contributed by atoms with Crippen LogP contribution in [0.15, 0.2) is 0 Å². The molecule has 2 unspecified atom stereocenters. The van der Waals surface area contributed by atoms with E-state index in [-0.39, 0.29) is 23.9 Å². The maximum Gasteiger partial charge on any atom is 0.314 e. The van der Waals surface area contributed by atoms with E-state index in [2.05, 4.69) is 22.9 Å². The second-order valence-electron chi connectivity index (χ2n) is 5.97. The summed E-state index contributed by atoms with van der Waals surface area (Å²) in [6.45, 7) is 6.68. The van der Waals surface area contributed by atoms with E-state index in [0.29, 0.717) is 25.8 Å². The fraction of sp³-hybridized carbons (Fsp3) is 0.824. The Morgan fingerprint density at radius 1 is 1.09 bits per heavy atom. The van der Waals surface area contributed by atoms with Crippen molar-refractivity contribution in [2.24, 2.45) is 0 Å². The number of ketones is 1. The van der Waals surface area contributed by atoms with E-state index in [1.807, 2.05) is 13.8 Å². The highest BCUT2D eigenvalue weighted by molar-refractivity contribution is 5.85. The number of unbranched alkanes of at least 4 members (excludes halogenated alkanes) is 3. The quantitative estimate of drug-likeness (QED) is 0.338. The minimum absolute atomic E-state index is 0.0982. The van der Waals surface area contributed by atoms with E-state index in [1.54, 1.807) is 0 Å². The Bertz CT molecular complexity index is 348. The van der Waals surface area contributed by atoms with Crippen LogP contribution in [0.1, 0.15) is 72.1 Å². The number of carbonyl (C=O) groups excluding carboxylic acids is 3. The standard InChI is InChI=1S/C17H33N3O3/c1-4-6-12-18-17(23)20-14(3)10-8-7-9-11-16(22)15(5-2)19-13-21/h13-15H,4-12H2,1-3H3,(H,19,21)(H2,18,20,23). The highest BCUT2D eigenvalue weighted by Crippen LogP contribution is 2.08. The van der Waals surface area contributed by atoms with Gasteiger partial charge >= 0.3 is 6.03 Å². The summed E-state index contributed by atoms with van der Waals surface area (Å²) in [5, 5.41) is 8.30. The lowest BCUT2D eigenvalue weighted by atomic mass is 10.0. The first kappa shape index (κ1) is 21.4. The zero-order chi connectivity index (χ0) is 17.5. The van der Waals surface area contributed by atoms with E-state index in [9.17, 15) is 14.4 Å². The molecule has 0 heterocycles. The van der Waals surface area contributed by atoms with Gasteiger partial charge in [0, 0.05) is 19.0 Å². The van der Waals surface area contributed by atoms with Gasteiger partial charge in [0.15, 0.2) is 5.78 Å². The van der Waals surface area contributed by atoms with Gasteiger partial charge in [-0.1, -0.05) is 33.1 Å². The number of hydrogen-bond acceptors (Lipinski definition) is 3. The zero-order valence-electron chi connectivity index (χ0n) is 14.8. The van der Waals surface area contributed by atoms with Gasteiger partial charge in [-0.2, -0.15) is 0 Å². The topological polar surface area (TPSA) is 87.3 Å². The van der Waals surface area contributed by atoms with Gasteiger partial charge in [0.25, 0.3) is 0 Å². The summed E-state index contributed by atoms with van der Waals surface area (Å²) in [5.41, 5.74) is 0. The molecule has 3 N–H and O–H groups in total. The average molecular weight is 327 g/mol. The maximum absolute atomic E-state index is 11.8. The van der Waals surface area contributed by atoms with Crippen molar-refractivity contribution in [3.63, 3.8) is 0 Å². The lowest BCUT2D eigenvalue weighted by Crippen LogP contribution is -2.41. The molecule has 0 radical (unpaired) electrons. The molecule has 2 atom stereocenters. The van der Waals surface area contributed by atoms with Crippen LogP contribution in [0.25, 0.3) is 0 Å². The average Bonchev–Trinajstić information content (AvgIpc) is 2.52. The molecule has 0 spiro atoms. The van der Waals surface area contributed by atoms with Crippen molar-refractivity contribution in [1.82, 2.24) is 16.0 Å². The minimum Gasteiger partial charge on any atom is -0.349 e. The fourth-order valence-corrected chi connectivity index (χ4v) is 2.35. The van der Waals surface area contributed by atoms with Gasteiger partial charge in [0.1, 0.15) is 0 Å². The molecule has 0 fully saturated rings. The third-order valence-electron chi connectivity index (χ3n) is 3.82. The molecule has 0 saturated carbocycles. The number of urea groups is 1. The molecule has 23 heavy (non-hydrogen) atoms. The van der Waals surface area contributed by atoms with Crippen LogP contribution in [0.5, 0.6) is 0 Å². The van der Waals surface area contributed by atoms with E-state index in [0.717, 1.165) is 38.5 Å². The van der Waals surface area contributed by atoms with Gasteiger partial charge in [-0.15, -0.1) is 0 Å². The summed E-state index contributed by atoms with van der Waals surface area (Å²) in [4.78, 5) is 33.8. The molecule has 3 amide bonds. The Morgan fingerprint density at radius 3 is 2.43 bits per heavy atom. The Morgan fingerprint density at radius 2 is 1.83 bits per heavy atom. The van der Waals surface area contributed by atoms with Crippen molar-refractivity contribution in [2.45, 2.75) is 84.2 Å². The second-order valence-corrected chi connectivity index (χ2v) is 5.97. The number of Topliss-reactive ketones (excluding diaryl/α,β-unsaturated/α-hetero) is 1. The summed E-state index contributed by atoms with van der Waals surface area (Å²) in [7, 11) is 0. The summed E-state index contributed by atoms with van der Waals surface area (Å²) in [6.07, 6.45) is 7.43. The molecular weight excluding hydrogens is 294 g/mol. The van der Waals surface area contributed by atoms with E-state index in [4.69, 9.17) is 0 Å². The largest absolute Gasteiger partial charge is 0.349 e. The Labute approximate surface area is 140 Å². The van der Waals surface area contributed by atoms with Crippen LogP contribution in [-0.2, 0) is 9.59 Å². The van der Waals surface area contributed by atoms with Gasteiger partial charge in [0.2, 0.25) is 6.41 Å². The summed E-state index contributed by atoms with van der Waals surface area (Å²) >= 11 is 0. The molecule has 0 aromatic carbocycles. The van der Waals surface area contributed by atoms with Gasteiger partial charge in [-0.3, -0.25) is 9.59 Å². The fourth-order valence-electron chi connectivity index (χ4n) is 2.35. The molecule has 134 valence electrons. The summed E-state index contributed by atoms with van der Waals surface area (Å²) in [6, 6.07) is -0.320. The number of carbonyl (C=O) groups is 3. The third-order valence-corrected chi connectivity index (χ3v) is 3.82. The molecular formula is C17H33N3O3. The number of amides is 3. The predicted molar refractivity (Wildman–Crippen MR) is 92.3 cm³/mol. The van der Waals surface area contributed by atoms with Crippen LogP contribution in [0, 0.1) is 0 Å². The molecule has 6 heteroatoms. The van der Waals surface area contributed by atoms with Crippen molar-refractivity contribution < 1.29 is 14.4 Å². The van der Waals surface area contributed by atoms with E-state index in [1.165, 1.54) is 0 Å². The van der Waals surface area contributed by atoms with Crippen molar-refractivity contribution >= 4 is 18.2 Å². The molecule has 0 aromatic rings. The van der Waals surface area contributed by atoms with Crippen LogP contribution in [0.3, 0.4) is 0 Å². The van der Waals surface area contributed by atoms with Gasteiger partial charge in [0.05, 0.1) is 6.04 Å². The number of rotatable bonds is 14. The lowest BCUT2D eigenvalue weighted by molar-refractivity contribution is -0.123. The summed E-state index contributed by atoms with van der Waals surface area (Å²) < 4.78 is 0. The zero-order valence-corrected chi connectivity index (χ0v) is 14.8. The minimum atomic E-state index is -0.347. The molecule has 6 nitrogen and oxygen atoms in total. The molecule has 0 rings (SSSR count). The second kappa shape index (κ2) is 14.0. The number of hydrogen-bond donors (Lipinski definition) is 3. The highest BCUT2D eigenvalue weighted by atomic mass is 16.2. The van der Waals surface area contributed by atoms with Crippen molar-refractivity contribution in [2.75, 3.05) is 6.54 Å². The first-order valence-electron chi connectivity index (χ1n) is 8.81. The molecule has 0 saturated heterocycles. The number of nitrogens with one attached hydrogen (secondary N) is 3. The Kier molecular flexibility index (Phi) is 13.1. The monoisotopic (exact) mass is 327 g/mol. The van der Waals surface area contributed by atoms with Crippen molar-refractivity contribution in [3.8, 4) is 0 Å². The Hall–Kier alpha value is -1.59. The first-order chi connectivity index (χ1) is 11.0.